The number of H-pyrrole nitrogens is 1. The average molecular weight is 470 g/mol. The number of nitrogen functional groups attached to an aromatic ring is 1. The molecule has 2 heterocycles. The molecule has 1 aliphatic carbocycles. The van der Waals surface area contributed by atoms with Crippen LogP contribution in [0.4, 0.5) is 11.5 Å². The molecule has 1 aromatic rings. The Morgan fingerprint density at radius 1 is 1.16 bits per heavy atom. The standard InChI is InChI=1S/C21H35N5O5S/c1-3-5-11-25-19(22)18(20(28)23-21(25)29)24(4-2)13-17(27)26(15-8-6-7-9-15)16-10-12-32(30,31)14-16/h15-16H,3-14,22H2,1-2H3,(H,23,28,29)/t16-/m1/s1. The van der Waals surface area contributed by atoms with E-state index in [1.165, 1.54) is 4.57 Å². The van der Waals surface area contributed by atoms with Gasteiger partial charge < -0.3 is 15.5 Å². The summed E-state index contributed by atoms with van der Waals surface area (Å²) in [4.78, 5) is 44.0. The van der Waals surface area contributed by atoms with Crippen molar-refractivity contribution in [3.05, 3.63) is 20.8 Å². The maximum Gasteiger partial charge on any atom is 0.330 e. The predicted molar refractivity (Wildman–Crippen MR) is 125 cm³/mol. The molecular weight excluding hydrogens is 434 g/mol. The molecule has 0 spiro atoms. The highest BCUT2D eigenvalue weighted by Crippen LogP contribution is 2.29. The third-order valence-electron chi connectivity index (χ3n) is 6.58. The zero-order valence-corrected chi connectivity index (χ0v) is 19.8. The Bertz CT molecular complexity index is 1040. The van der Waals surface area contributed by atoms with Crippen molar-refractivity contribution in [1.29, 1.82) is 0 Å². The molecule has 0 unspecified atom stereocenters. The van der Waals surface area contributed by atoms with Gasteiger partial charge in [-0.25, -0.2) is 13.2 Å². The molecule has 11 heteroatoms. The SMILES string of the molecule is CCCCn1c(N)c(N(CC)CC(=O)N(C2CCCC2)[C@@H]2CCS(=O)(=O)C2)c(=O)[nH]c1=O. The van der Waals surface area contributed by atoms with Crippen molar-refractivity contribution in [2.45, 2.75) is 77.4 Å². The first-order valence-corrected chi connectivity index (χ1v) is 13.4. The average Bonchev–Trinajstić information content (AvgIpc) is 3.37. The normalized spacial score (nSPS) is 20.5. The fourth-order valence-corrected chi connectivity index (χ4v) is 6.61. The Balaban J connectivity index is 1.90. The first-order valence-electron chi connectivity index (χ1n) is 11.6. The van der Waals surface area contributed by atoms with Gasteiger partial charge in [-0.3, -0.25) is 19.1 Å². The van der Waals surface area contributed by atoms with Crippen LogP contribution in [0.2, 0.25) is 0 Å². The molecule has 0 bridgehead atoms. The number of nitrogens with zero attached hydrogens (tertiary/aromatic N) is 3. The van der Waals surface area contributed by atoms with Crippen molar-refractivity contribution in [2.24, 2.45) is 0 Å². The second-order valence-corrected chi connectivity index (χ2v) is 11.0. The van der Waals surface area contributed by atoms with E-state index in [4.69, 9.17) is 5.73 Å². The lowest BCUT2D eigenvalue weighted by Crippen LogP contribution is -2.51. The van der Waals surface area contributed by atoms with Crippen molar-refractivity contribution in [3.8, 4) is 0 Å². The molecule has 1 atom stereocenters. The molecule has 1 aromatic heterocycles. The van der Waals surface area contributed by atoms with Gasteiger partial charge in [0.15, 0.2) is 9.84 Å². The summed E-state index contributed by atoms with van der Waals surface area (Å²) in [5, 5.41) is 0. The van der Waals surface area contributed by atoms with Crippen LogP contribution in [0, 0.1) is 0 Å². The Labute approximate surface area is 188 Å². The number of carbonyl (C=O) groups is 1. The van der Waals surface area contributed by atoms with Crippen LogP contribution in [0.1, 0.15) is 58.8 Å². The van der Waals surface area contributed by atoms with Crippen molar-refractivity contribution < 1.29 is 13.2 Å². The summed E-state index contributed by atoms with van der Waals surface area (Å²) < 4.78 is 25.5. The number of aromatic amines is 1. The van der Waals surface area contributed by atoms with Crippen LogP contribution in [0.5, 0.6) is 0 Å². The fourth-order valence-electron chi connectivity index (χ4n) is 4.90. The van der Waals surface area contributed by atoms with Crippen LogP contribution in [0.3, 0.4) is 0 Å². The lowest BCUT2D eigenvalue weighted by Gasteiger charge is -2.36. The second-order valence-electron chi connectivity index (χ2n) is 8.81. The Morgan fingerprint density at radius 3 is 2.41 bits per heavy atom. The number of rotatable bonds is 9. The molecule has 2 aliphatic rings. The lowest BCUT2D eigenvalue weighted by molar-refractivity contribution is -0.134. The van der Waals surface area contributed by atoms with E-state index in [0.29, 0.717) is 19.5 Å². The Hall–Kier alpha value is -2.30. The van der Waals surface area contributed by atoms with Gasteiger partial charge in [0.1, 0.15) is 11.5 Å². The number of anilines is 2. The zero-order valence-electron chi connectivity index (χ0n) is 19.0. The van der Waals surface area contributed by atoms with E-state index in [1.807, 2.05) is 13.8 Å². The summed E-state index contributed by atoms with van der Waals surface area (Å²) in [6.07, 6.45) is 5.78. The number of carbonyl (C=O) groups excluding carboxylic acids is 1. The first kappa shape index (κ1) is 24.3. The number of likely N-dealkylation sites (N-methyl/N-ethyl adjacent to an activating group) is 1. The van der Waals surface area contributed by atoms with E-state index < -0.39 is 21.1 Å². The topological polar surface area (TPSA) is 139 Å². The van der Waals surface area contributed by atoms with Crippen LogP contribution in [0.15, 0.2) is 9.59 Å². The lowest BCUT2D eigenvalue weighted by atomic mass is 10.1. The second kappa shape index (κ2) is 10.1. The Morgan fingerprint density at radius 2 is 1.84 bits per heavy atom. The monoisotopic (exact) mass is 469 g/mol. The summed E-state index contributed by atoms with van der Waals surface area (Å²) in [5.74, 6) is -0.0595. The van der Waals surface area contributed by atoms with Gasteiger partial charge in [-0.1, -0.05) is 26.2 Å². The van der Waals surface area contributed by atoms with Crippen molar-refractivity contribution in [3.63, 3.8) is 0 Å². The van der Waals surface area contributed by atoms with Crippen LogP contribution >= 0.6 is 0 Å². The molecule has 0 radical (unpaired) electrons. The van der Waals surface area contributed by atoms with Crippen LogP contribution in [0.25, 0.3) is 0 Å². The minimum atomic E-state index is -3.14. The van der Waals surface area contributed by atoms with Crippen molar-refractivity contribution in [2.75, 3.05) is 35.2 Å². The third kappa shape index (κ3) is 5.19. The number of aromatic nitrogens is 2. The summed E-state index contributed by atoms with van der Waals surface area (Å²) >= 11 is 0. The highest BCUT2D eigenvalue weighted by Gasteiger charge is 2.39. The molecule has 3 N–H and O–H groups in total. The summed E-state index contributed by atoms with van der Waals surface area (Å²) in [6, 6.07) is -0.308. The maximum atomic E-state index is 13.5. The summed E-state index contributed by atoms with van der Waals surface area (Å²) in [7, 11) is -3.14. The summed E-state index contributed by atoms with van der Waals surface area (Å²) in [6.45, 7) is 4.43. The molecule has 1 amide bonds. The maximum absolute atomic E-state index is 13.5. The van der Waals surface area contributed by atoms with Gasteiger partial charge in [0.25, 0.3) is 5.56 Å². The van der Waals surface area contributed by atoms with E-state index in [-0.39, 0.29) is 47.5 Å². The predicted octanol–water partition coefficient (Wildman–Crippen LogP) is 0.704. The van der Waals surface area contributed by atoms with Gasteiger partial charge in [-0.2, -0.15) is 0 Å². The number of nitrogens with two attached hydrogens (primary N) is 1. The molecule has 32 heavy (non-hydrogen) atoms. The smallest absolute Gasteiger partial charge is 0.330 e. The number of amides is 1. The number of sulfone groups is 1. The number of unbranched alkanes of at least 4 members (excludes halogenated alkanes) is 1. The van der Waals surface area contributed by atoms with E-state index in [0.717, 1.165) is 38.5 Å². The molecule has 1 saturated heterocycles. The Kier molecular flexibility index (Phi) is 7.68. The van der Waals surface area contributed by atoms with Crippen LogP contribution in [-0.4, -0.2) is 65.5 Å². The number of nitrogens with one attached hydrogen (secondary N) is 1. The minimum Gasteiger partial charge on any atom is -0.383 e. The largest absolute Gasteiger partial charge is 0.383 e. The van der Waals surface area contributed by atoms with E-state index in [9.17, 15) is 22.8 Å². The van der Waals surface area contributed by atoms with Gasteiger partial charge in [0.05, 0.1) is 18.1 Å². The molecule has 3 rings (SSSR count). The molecule has 1 saturated carbocycles. The fraction of sp³-hybridized carbons (Fsp3) is 0.762. The molecule has 0 aromatic carbocycles. The van der Waals surface area contributed by atoms with Gasteiger partial charge >= 0.3 is 5.69 Å². The zero-order chi connectivity index (χ0) is 23.5. The highest BCUT2D eigenvalue weighted by molar-refractivity contribution is 7.91. The quantitative estimate of drug-likeness (QED) is 0.543. The number of hydrogen-bond acceptors (Lipinski definition) is 7. The van der Waals surface area contributed by atoms with Gasteiger partial charge in [-0.05, 0) is 32.6 Å². The molecule has 180 valence electrons. The van der Waals surface area contributed by atoms with Crippen LogP contribution < -0.4 is 21.9 Å². The van der Waals surface area contributed by atoms with E-state index in [1.54, 1.807) is 9.80 Å². The van der Waals surface area contributed by atoms with E-state index >= 15 is 0 Å². The van der Waals surface area contributed by atoms with Crippen molar-refractivity contribution in [1.82, 2.24) is 14.5 Å². The molecule has 2 fully saturated rings. The number of hydrogen-bond donors (Lipinski definition) is 2. The van der Waals surface area contributed by atoms with E-state index in [2.05, 4.69) is 4.98 Å². The van der Waals surface area contributed by atoms with Gasteiger partial charge in [0.2, 0.25) is 5.91 Å². The van der Waals surface area contributed by atoms with Crippen LogP contribution in [-0.2, 0) is 21.2 Å². The molecule has 10 nitrogen and oxygen atoms in total. The van der Waals surface area contributed by atoms with Crippen molar-refractivity contribution >= 4 is 27.2 Å². The molecule has 1 aliphatic heterocycles. The van der Waals surface area contributed by atoms with Gasteiger partial charge in [-0.15, -0.1) is 0 Å². The third-order valence-corrected chi connectivity index (χ3v) is 8.33. The summed E-state index contributed by atoms with van der Waals surface area (Å²) in [5.41, 5.74) is 5.16. The minimum absolute atomic E-state index is 0.00795. The highest BCUT2D eigenvalue weighted by atomic mass is 32.2. The molecular formula is C21H35N5O5S. The first-order chi connectivity index (χ1) is 15.2. The van der Waals surface area contributed by atoms with Gasteiger partial charge in [0, 0.05) is 25.2 Å².